The summed E-state index contributed by atoms with van der Waals surface area (Å²) in [4.78, 5) is 29.4. The molecule has 4 aliphatic carbocycles. The second-order valence-electron chi connectivity index (χ2n) is 14.2. The van der Waals surface area contributed by atoms with E-state index < -0.39 is 17.1 Å². The Morgan fingerprint density at radius 2 is 1.89 bits per heavy atom. The number of carbonyl (C=O) groups is 2. The predicted molar refractivity (Wildman–Crippen MR) is 144 cm³/mol. The number of cyclic esters (lactones) is 1. The summed E-state index contributed by atoms with van der Waals surface area (Å²) in [6.07, 6.45) is 10.9. The highest BCUT2D eigenvalue weighted by Crippen LogP contribution is 2.70. The van der Waals surface area contributed by atoms with Gasteiger partial charge in [-0.05, 0) is 100 Å². The molecule has 7 nitrogen and oxygen atoms in total. The largest absolute Gasteiger partial charge is 0.462 e. The molecule has 0 radical (unpaired) electrons. The van der Waals surface area contributed by atoms with Crippen molar-refractivity contribution in [2.75, 3.05) is 39.8 Å². The standard InChI is InChI=1S/C31H48N2O5/c1-20(34)38-26-18-31(36)25-7-6-22-17-23(33-13-5-12-32(4)14-15-33)8-10-29(22,2)24(25)9-11-30(31,3)28(26)21-16-27(35)37-19-21/h16,22-26,28,36H,5-15,17-19H2,1-4H3. The molecule has 4 saturated carbocycles. The van der Waals surface area contributed by atoms with Crippen LogP contribution in [0.25, 0.3) is 0 Å². The molecule has 2 heterocycles. The first-order chi connectivity index (χ1) is 18.0. The van der Waals surface area contributed by atoms with E-state index in [2.05, 4.69) is 30.7 Å². The fourth-order valence-electron chi connectivity index (χ4n) is 10.5. The Morgan fingerprint density at radius 3 is 2.63 bits per heavy atom. The zero-order valence-electron chi connectivity index (χ0n) is 23.9. The zero-order chi connectivity index (χ0) is 26.9. The van der Waals surface area contributed by atoms with Gasteiger partial charge in [0.1, 0.15) is 12.7 Å². The van der Waals surface area contributed by atoms with Crippen LogP contribution in [-0.4, -0.2) is 84.4 Å². The second kappa shape index (κ2) is 9.59. The number of esters is 2. The number of ether oxygens (including phenoxy) is 2. The molecule has 0 aromatic heterocycles. The van der Waals surface area contributed by atoms with Crippen LogP contribution in [0.15, 0.2) is 11.6 Å². The summed E-state index contributed by atoms with van der Waals surface area (Å²) < 4.78 is 11.2. The third kappa shape index (κ3) is 4.09. The van der Waals surface area contributed by atoms with E-state index in [4.69, 9.17) is 9.47 Å². The fraction of sp³-hybridized carbons (Fsp3) is 0.871. The van der Waals surface area contributed by atoms with Crippen LogP contribution >= 0.6 is 0 Å². The van der Waals surface area contributed by atoms with Crippen molar-refractivity contribution >= 4 is 11.9 Å². The maximum atomic E-state index is 12.7. The van der Waals surface area contributed by atoms with E-state index in [0.717, 1.165) is 24.8 Å². The molecule has 5 fully saturated rings. The van der Waals surface area contributed by atoms with Gasteiger partial charge in [-0.2, -0.15) is 0 Å². The molecule has 2 aliphatic heterocycles. The van der Waals surface area contributed by atoms with Crippen LogP contribution in [0.5, 0.6) is 0 Å². The van der Waals surface area contributed by atoms with Gasteiger partial charge in [0.2, 0.25) is 0 Å². The van der Waals surface area contributed by atoms with Crippen LogP contribution in [0, 0.1) is 34.5 Å². The van der Waals surface area contributed by atoms with Gasteiger partial charge in [0, 0.05) is 49.9 Å². The number of fused-ring (bicyclic) bond motifs is 5. The number of likely N-dealkylation sites (N-methyl/N-ethyl adjacent to an activating group) is 1. The van der Waals surface area contributed by atoms with E-state index in [0.29, 0.717) is 24.3 Å². The number of carbonyl (C=O) groups excluding carboxylic acids is 2. The maximum Gasteiger partial charge on any atom is 0.331 e. The number of nitrogens with zero attached hydrogens (tertiary/aromatic N) is 2. The van der Waals surface area contributed by atoms with E-state index in [-0.39, 0.29) is 35.8 Å². The van der Waals surface area contributed by atoms with Crippen LogP contribution in [0.2, 0.25) is 0 Å². The lowest BCUT2D eigenvalue weighted by molar-refractivity contribution is -0.206. The van der Waals surface area contributed by atoms with E-state index in [1.807, 2.05) is 0 Å². The summed E-state index contributed by atoms with van der Waals surface area (Å²) in [6, 6.07) is 0.698. The lowest BCUT2D eigenvalue weighted by atomic mass is 9.43. The van der Waals surface area contributed by atoms with Crippen molar-refractivity contribution in [3.05, 3.63) is 11.6 Å². The first-order valence-corrected chi connectivity index (χ1v) is 15.2. The van der Waals surface area contributed by atoms with E-state index in [1.165, 1.54) is 65.2 Å². The zero-order valence-corrected chi connectivity index (χ0v) is 23.9. The van der Waals surface area contributed by atoms with Gasteiger partial charge in [0.05, 0.1) is 5.60 Å². The molecule has 38 heavy (non-hydrogen) atoms. The lowest BCUT2D eigenvalue weighted by Crippen LogP contribution is -2.62. The normalized spacial score (nSPS) is 47.8. The number of rotatable bonds is 3. The third-order valence-electron chi connectivity index (χ3n) is 12.5. The van der Waals surface area contributed by atoms with Gasteiger partial charge >= 0.3 is 11.9 Å². The van der Waals surface area contributed by atoms with E-state index in [9.17, 15) is 14.7 Å². The summed E-state index contributed by atoms with van der Waals surface area (Å²) in [5.74, 6) is 0.583. The van der Waals surface area contributed by atoms with E-state index >= 15 is 0 Å². The molecular weight excluding hydrogens is 480 g/mol. The molecule has 1 saturated heterocycles. The molecule has 212 valence electrons. The Bertz CT molecular complexity index is 999. The molecule has 7 heteroatoms. The molecule has 0 spiro atoms. The van der Waals surface area contributed by atoms with Crippen LogP contribution < -0.4 is 0 Å². The van der Waals surface area contributed by atoms with Gasteiger partial charge in [-0.1, -0.05) is 13.8 Å². The molecule has 0 aromatic carbocycles. The van der Waals surface area contributed by atoms with Crippen LogP contribution in [0.4, 0.5) is 0 Å². The average molecular weight is 529 g/mol. The number of aliphatic hydroxyl groups is 1. The monoisotopic (exact) mass is 528 g/mol. The highest BCUT2D eigenvalue weighted by molar-refractivity contribution is 5.85. The maximum absolute atomic E-state index is 12.7. The minimum absolute atomic E-state index is 0.175. The molecule has 1 N–H and O–H groups in total. The number of hydrogen-bond donors (Lipinski definition) is 1. The van der Waals surface area contributed by atoms with Gasteiger partial charge in [-0.15, -0.1) is 0 Å². The van der Waals surface area contributed by atoms with Crippen molar-refractivity contribution in [1.29, 1.82) is 0 Å². The Morgan fingerprint density at radius 1 is 1.08 bits per heavy atom. The van der Waals surface area contributed by atoms with Gasteiger partial charge < -0.3 is 19.5 Å². The lowest BCUT2D eigenvalue weighted by Gasteiger charge is -2.64. The molecule has 0 amide bonds. The van der Waals surface area contributed by atoms with Gasteiger partial charge in [-0.25, -0.2) is 4.79 Å². The Kier molecular flexibility index (Phi) is 6.75. The van der Waals surface area contributed by atoms with E-state index in [1.54, 1.807) is 6.08 Å². The smallest absolute Gasteiger partial charge is 0.331 e. The van der Waals surface area contributed by atoms with Crippen molar-refractivity contribution in [1.82, 2.24) is 9.80 Å². The molecule has 9 atom stereocenters. The van der Waals surface area contributed by atoms with Crippen molar-refractivity contribution in [3.63, 3.8) is 0 Å². The fourth-order valence-corrected chi connectivity index (χ4v) is 10.5. The highest BCUT2D eigenvalue weighted by Gasteiger charge is 2.71. The summed E-state index contributed by atoms with van der Waals surface area (Å²) in [6.45, 7) is 11.2. The van der Waals surface area contributed by atoms with Gasteiger partial charge in [-0.3, -0.25) is 9.69 Å². The molecule has 0 bridgehead atoms. The van der Waals surface area contributed by atoms with Gasteiger partial charge in [0.25, 0.3) is 0 Å². The Hall–Kier alpha value is -1.44. The quantitative estimate of drug-likeness (QED) is 0.559. The van der Waals surface area contributed by atoms with Gasteiger partial charge in [0.15, 0.2) is 0 Å². The van der Waals surface area contributed by atoms with Crippen molar-refractivity contribution in [2.24, 2.45) is 34.5 Å². The molecule has 6 aliphatic rings. The van der Waals surface area contributed by atoms with Crippen LogP contribution in [0.1, 0.15) is 78.6 Å². The Balaban J connectivity index is 1.25. The first kappa shape index (κ1) is 26.8. The second-order valence-corrected chi connectivity index (χ2v) is 14.2. The van der Waals surface area contributed by atoms with Crippen LogP contribution in [0.3, 0.4) is 0 Å². The third-order valence-corrected chi connectivity index (χ3v) is 12.5. The predicted octanol–water partition coefficient (Wildman–Crippen LogP) is 3.79. The van der Waals surface area contributed by atoms with Crippen molar-refractivity contribution in [3.8, 4) is 0 Å². The average Bonchev–Trinajstić information content (AvgIpc) is 3.27. The minimum atomic E-state index is -0.909. The number of hydrogen-bond acceptors (Lipinski definition) is 7. The molecule has 0 aromatic rings. The molecule has 9 unspecified atom stereocenters. The topological polar surface area (TPSA) is 79.3 Å². The van der Waals surface area contributed by atoms with Crippen LogP contribution in [-0.2, 0) is 19.1 Å². The summed E-state index contributed by atoms with van der Waals surface area (Å²) in [5, 5.41) is 12.7. The van der Waals surface area contributed by atoms with Crippen molar-refractivity contribution in [2.45, 2.75) is 96.3 Å². The molecule has 6 rings (SSSR count). The SMILES string of the molecule is CC(=O)OC1CC2(O)C3CCC4CC(N5CCCN(C)CC5)CCC4(C)C3CCC2(C)C1C1=CC(=O)OC1. The summed E-state index contributed by atoms with van der Waals surface area (Å²) in [7, 11) is 2.25. The summed E-state index contributed by atoms with van der Waals surface area (Å²) in [5.41, 5.74) is -0.207. The summed E-state index contributed by atoms with van der Waals surface area (Å²) >= 11 is 0. The highest BCUT2D eigenvalue weighted by atomic mass is 16.5. The first-order valence-electron chi connectivity index (χ1n) is 15.2. The minimum Gasteiger partial charge on any atom is -0.462 e. The molecular formula is C31H48N2O5. The van der Waals surface area contributed by atoms with Crippen molar-refractivity contribution < 1.29 is 24.2 Å². The Labute approximate surface area is 228 Å².